The van der Waals surface area contributed by atoms with E-state index in [1.54, 1.807) is 19.1 Å². The molecule has 0 unspecified atom stereocenters. The van der Waals surface area contributed by atoms with Gasteiger partial charge < -0.3 is 5.73 Å². The average molecular weight is 365 g/mol. The summed E-state index contributed by atoms with van der Waals surface area (Å²) in [5, 5.41) is 3.30. The molecule has 5 nitrogen and oxygen atoms in total. The minimum Gasteiger partial charge on any atom is -0.390 e. The molecule has 2 aromatic carbocycles. The van der Waals surface area contributed by atoms with Crippen LogP contribution in [0.25, 0.3) is 11.1 Å². The van der Waals surface area contributed by atoms with Gasteiger partial charge >= 0.3 is 6.18 Å². The molecule has 0 saturated carbocycles. The summed E-state index contributed by atoms with van der Waals surface area (Å²) < 4.78 is 55.1. The number of nitrogens with zero attached hydrogens (tertiary/aromatic N) is 3. The van der Waals surface area contributed by atoms with E-state index in [4.69, 9.17) is 5.73 Å². The molecule has 0 spiro atoms. The van der Waals surface area contributed by atoms with Crippen LogP contribution in [-0.2, 0) is 6.18 Å². The number of benzene rings is 2. The first kappa shape index (κ1) is 19.1. The molecule has 0 bridgehead atoms. The van der Waals surface area contributed by atoms with Crippen molar-refractivity contribution >= 4 is 24.7 Å². The zero-order chi connectivity index (χ0) is 19.3. The Balaban J connectivity index is 2.67. The summed E-state index contributed by atoms with van der Waals surface area (Å²) in [5.74, 6) is -1.30. The zero-order valence-corrected chi connectivity index (χ0v) is 13.7. The van der Waals surface area contributed by atoms with Crippen LogP contribution in [0.5, 0.6) is 0 Å². The van der Waals surface area contributed by atoms with Gasteiger partial charge in [0.2, 0.25) is 5.96 Å². The molecular weight excluding hydrogens is 350 g/mol. The predicted molar refractivity (Wildman–Crippen MR) is 94.0 cm³/mol. The topological polar surface area (TPSA) is 75.1 Å². The van der Waals surface area contributed by atoms with Crippen molar-refractivity contribution in [3.05, 3.63) is 53.3 Å². The molecule has 0 heterocycles. The second kappa shape index (κ2) is 7.77. The van der Waals surface area contributed by atoms with Crippen LogP contribution < -0.4 is 11.2 Å². The van der Waals surface area contributed by atoms with Crippen molar-refractivity contribution in [2.24, 2.45) is 20.8 Å². The van der Waals surface area contributed by atoms with E-state index in [0.717, 1.165) is 24.0 Å². The van der Waals surface area contributed by atoms with Gasteiger partial charge in [0.1, 0.15) is 5.82 Å². The fraction of sp³-hybridized carbons (Fsp3) is 0.118. The molecule has 2 aromatic rings. The van der Waals surface area contributed by atoms with Crippen LogP contribution in [0.2, 0.25) is 0 Å². The number of hydrazone groups is 1. The van der Waals surface area contributed by atoms with Gasteiger partial charge in [0.15, 0.2) is 0 Å². The number of rotatable bonds is 3. The van der Waals surface area contributed by atoms with Crippen molar-refractivity contribution < 1.29 is 17.6 Å². The monoisotopic (exact) mass is 365 g/mol. The highest BCUT2D eigenvalue weighted by Crippen LogP contribution is 2.41. The Bertz CT molecular complexity index is 855. The Morgan fingerprint density at radius 1 is 1.19 bits per heavy atom. The smallest absolute Gasteiger partial charge is 0.390 e. The van der Waals surface area contributed by atoms with Crippen LogP contribution >= 0.6 is 0 Å². The maximum atomic E-state index is 14.6. The molecule has 136 valence electrons. The fourth-order valence-electron chi connectivity index (χ4n) is 2.24. The second-order valence-corrected chi connectivity index (χ2v) is 5.20. The molecule has 9 heteroatoms. The Morgan fingerprint density at radius 3 is 2.38 bits per heavy atom. The predicted octanol–water partition coefficient (Wildman–Crippen LogP) is 4.00. The molecule has 2 rings (SSSR count). The molecule has 0 aliphatic carbocycles. The van der Waals surface area contributed by atoms with Crippen LogP contribution in [0, 0.1) is 12.7 Å². The number of hydrogen-bond donors (Lipinski definition) is 2. The molecule has 0 amide bonds. The quantitative estimate of drug-likeness (QED) is 0.373. The first-order chi connectivity index (χ1) is 12.3. The summed E-state index contributed by atoms with van der Waals surface area (Å²) in [6, 6.07) is 7.68. The highest BCUT2D eigenvalue weighted by molar-refractivity contribution is 5.89. The molecule has 0 aliphatic rings. The van der Waals surface area contributed by atoms with E-state index in [2.05, 4.69) is 27.2 Å². The standard InChI is InChI=1S/C17H15F4N5/c1-10-3-5-11(6-4-10)15-13(17(19,20)21)7-12(8-14(15)18)25-16(24-9-22)26-23-2/h3-9H,2H2,1H3,(H3,22,24,25,26). The van der Waals surface area contributed by atoms with Gasteiger partial charge in [-0.25, -0.2) is 19.8 Å². The summed E-state index contributed by atoms with van der Waals surface area (Å²) in [6.07, 6.45) is -3.92. The minimum atomic E-state index is -4.78. The van der Waals surface area contributed by atoms with Crippen LogP contribution in [0.15, 0.2) is 51.5 Å². The van der Waals surface area contributed by atoms with E-state index in [0.29, 0.717) is 0 Å². The Hall–Kier alpha value is -3.23. The van der Waals surface area contributed by atoms with Gasteiger partial charge in [0.25, 0.3) is 0 Å². The molecule has 0 aromatic heterocycles. The molecule has 0 radical (unpaired) electrons. The number of halogens is 4. The van der Waals surface area contributed by atoms with Gasteiger partial charge in [-0.05, 0) is 18.6 Å². The van der Waals surface area contributed by atoms with Gasteiger partial charge in [-0.3, -0.25) is 0 Å². The number of guanidine groups is 1. The van der Waals surface area contributed by atoms with Crippen molar-refractivity contribution in [3.8, 4) is 11.1 Å². The minimum absolute atomic E-state index is 0.113. The Kier molecular flexibility index (Phi) is 5.71. The highest BCUT2D eigenvalue weighted by Gasteiger charge is 2.35. The zero-order valence-electron chi connectivity index (χ0n) is 13.7. The molecular formula is C17H15F4N5. The summed E-state index contributed by atoms with van der Waals surface area (Å²) in [6.45, 7) is 4.93. The SMILES string of the molecule is C=NNC(N=CN)=Nc1cc(F)c(-c2ccc(C)cc2)c(C(F)(F)F)c1. The van der Waals surface area contributed by atoms with Crippen LogP contribution in [-0.4, -0.2) is 19.0 Å². The lowest BCUT2D eigenvalue weighted by molar-refractivity contribution is -0.137. The molecule has 3 N–H and O–H groups in total. The number of hydrogen-bond acceptors (Lipinski definition) is 2. The van der Waals surface area contributed by atoms with Crippen LogP contribution in [0.3, 0.4) is 0 Å². The summed E-state index contributed by atoms with van der Waals surface area (Å²) in [5.41, 5.74) is 6.33. The molecule has 26 heavy (non-hydrogen) atoms. The first-order valence-corrected chi connectivity index (χ1v) is 7.28. The maximum absolute atomic E-state index is 14.6. The molecule has 0 aliphatic heterocycles. The number of nitrogens with two attached hydrogens (primary N) is 1. The lowest BCUT2D eigenvalue weighted by atomic mass is 9.97. The lowest BCUT2D eigenvalue weighted by Gasteiger charge is -2.15. The fourth-order valence-corrected chi connectivity index (χ4v) is 2.24. The van der Waals surface area contributed by atoms with Crippen molar-refractivity contribution in [3.63, 3.8) is 0 Å². The Labute approximate surface area is 147 Å². The van der Waals surface area contributed by atoms with E-state index in [-0.39, 0.29) is 17.2 Å². The summed E-state index contributed by atoms with van der Waals surface area (Å²) in [7, 11) is 0. The van der Waals surface area contributed by atoms with Gasteiger partial charge in [-0.15, -0.1) is 0 Å². The van der Waals surface area contributed by atoms with E-state index in [1.165, 1.54) is 12.1 Å². The van der Waals surface area contributed by atoms with Crippen molar-refractivity contribution in [2.75, 3.05) is 0 Å². The van der Waals surface area contributed by atoms with Crippen molar-refractivity contribution in [2.45, 2.75) is 13.1 Å². The normalized spacial score (nSPS) is 12.4. The van der Waals surface area contributed by atoms with E-state index in [9.17, 15) is 17.6 Å². The number of aliphatic imine (C=N–C) groups is 2. The third kappa shape index (κ3) is 4.44. The summed E-state index contributed by atoms with van der Waals surface area (Å²) in [4.78, 5) is 7.35. The van der Waals surface area contributed by atoms with Gasteiger partial charge in [-0.2, -0.15) is 18.3 Å². The highest BCUT2D eigenvalue weighted by atomic mass is 19.4. The first-order valence-electron chi connectivity index (χ1n) is 7.28. The molecule has 0 fully saturated rings. The van der Waals surface area contributed by atoms with E-state index < -0.39 is 23.1 Å². The number of aryl methyl sites for hydroxylation is 1. The van der Waals surface area contributed by atoms with Gasteiger partial charge in [-0.1, -0.05) is 29.8 Å². The van der Waals surface area contributed by atoms with E-state index >= 15 is 0 Å². The van der Waals surface area contributed by atoms with Crippen LogP contribution in [0.1, 0.15) is 11.1 Å². The molecule has 0 saturated heterocycles. The second-order valence-electron chi connectivity index (χ2n) is 5.20. The lowest BCUT2D eigenvalue weighted by Crippen LogP contribution is -2.15. The van der Waals surface area contributed by atoms with Crippen molar-refractivity contribution in [1.29, 1.82) is 0 Å². The van der Waals surface area contributed by atoms with Crippen LogP contribution in [0.4, 0.5) is 23.2 Å². The summed E-state index contributed by atoms with van der Waals surface area (Å²) >= 11 is 0. The largest absolute Gasteiger partial charge is 0.417 e. The maximum Gasteiger partial charge on any atom is 0.417 e. The third-order valence-electron chi connectivity index (χ3n) is 3.33. The number of alkyl halides is 3. The van der Waals surface area contributed by atoms with Gasteiger partial charge in [0, 0.05) is 18.3 Å². The Morgan fingerprint density at radius 2 is 1.85 bits per heavy atom. The average Bonchev–Trinajstić information content (AvgIpc) is 2.55. The molecule has 0 atom stereocenters. The van der Waals surface area contributed by atoms with Gasteiger partial charge in [0.05, 0.1) is 17.6 Å². The third-order valence-corrected chi connectivity index (χ3v) is 3.33. The van der Waals surface area contributed by atoms with E-state index in [1.807, 2.05) is 0 Å². The number of nitrogens with one attached hydrogen (secondary N) is 1. The van der Waals surface area contributed by atoms with Crippen molar-refractivity contribution in [1.82, 2.24) is 5.43 Å².